The number of methoxy groups -OCH3 is 1. The second-order valence-electron chi connectivity index (χ2n) is 7.65. The molecule has 0 saturated carbocycles. The number of carbonyl (C=O) groups excluding carboxylic acids is 2. The zero-order valence-electron chi connectivity index (χ0n) is 18.6. The largest absolute Gasteiger partial charge is 0.507 e. The van der Waals surface area contributed by atoms with E-state index < -0.39 is 17.7 Å². The summed E-state index contributed by atoms with van der Waals surface area (Å²) >= 11 is 6.35. The molecule has 1 unspecified atom stereocenters. The Bertz CT molecular complexity index is 1050. The predicted molar refractivity (Wildman–Crippen MR) is 123 cm³/mol. The average Bonchev–Trinajstić information content (AvgIpc) is 3.03. The van der Waals surface area contributed by atoms with E-state index in [9.17, 15) is 14.7 Å². The fourth-order valence-electron chi connectivity index (χ4n) is 3.66. The number of halogens is 1. The predicted octanol–water partition coefficient (Wildman–Crippen LogP) is 3.73. The number of nitrogens with zero attached hydrogens (tertiary/aromatic N) is 2. The van der Waals surface area contributed by atoms with E-state index in [0.29, 0.717) is 36.8 Å². The first-order valence-corrected chi connectivity index (χ1v) is 10.7. The van der Waals surface area contributed by atoms with Crippen molar-refractivity contribution >= 4 is 29.1 Å². The number of rotatable bonds is 8. The molecule has 1 aliphatic heterocycles. The third-order valence-electron chi connectivity index (χ3n) is 5.24. The number of likely N-dealkylation sites (tertiary alicyclic amines) is 1. The van der Waals surface area contributed by atoms with E-state index in [2.05, 4.69) is 0 Å². The van der Waals surface area contributed by atoms with Gasteiger partial charge in [0.1, 0.15) is 17.3 Å². The number of aliphatic hydroxyl groups is 1. The molecule has 32 heavy (non-hydrogen) atoms. The molecule has 1 N–H and O–H groups in total. The van der Waals surface area contributed by atoms with Gasteiger partial charge in [-0.05, 0) is 56.9 Å². The first-order valence-electron chi connectivity index (χ1n) is 10.3. The lowest BCUT2D eigenvalue weighted by Gasteiger charge is -2.27. The first kappa shape index (κ1) is 23.6. The summed E-state index contributed by atoms with van der Waals surface area (Å²) in [6.45, 7) is 3.13. The van der Waals surface area contributed by atoms with Crippen molar-refractivity contribution in [2.45, 2.75) is 13.0 Å². The normalized spacial score (nSPS) is 17.8. The summed E-state index contributed by atoms with van der Waals surface area (Å²) in [6, 6.07) is 11.2. The van der Waals surface area contributed by atoms with Crippen LogP contribution in [0.2, 0.25) is 5.02 Å². The van der Waals surface area contributed by atoms with E-state index in [1.807, 2.05) is 25.9 Å². The van der Waals surface area contributed by atoms with Crippen molar-refractivity contribution in [3.05, 3.63) is 64.2 Å². The molecule has 1 atom stereocenters. The van der Waals surface area contributed by atoms with E-state index in [1.165, 1.54) is 4.90 Å². The summed E-state index contributed by atoms with van der Waals surface area (Å²) in [5.74, 6) is -0.685. The Morgan fingerprint density at radius 3 is 2.56 bits per heavy atom. The van der Waals surface area contributed by atoms with Crippen LogP contribution in [0.15, 0.2) is 48.0 Å². The van der Waals surface area contributed by atoms with Gasteiger partial charge in [-0.15, -0.1) is 0 Å². The van der Waals surface area contributed by atoms with E-state index in [1.54, 1.807) is 49.6 Å². The van der Waals surface area contributed by atoms with E-state index in [0.717, 1.165) is 0 Å². The topological polar surface area (TPSA) is 79.3 Å². The van der Waals surface area contributed by atoms with Crippen LogP contribution in [0.3, 0.4) is 0 Å². The third kappa shape index (κ3) is 4.74. The standard InChI is InChI=1S/C24H27ClN2O5/c1-5-32-17-9-10-19(25)18(14-17)22(28)20-21(15-7-6-8-16(13-15)31-4)27(12-11-26(2)3)24(30)23(20)29/h6-10,13-14,21,28H,5,11-12H2,1-4H3/b22-20+. The zero-order chi connectivity index (χ0) is 23.4. The Balaban J connectivity index is 2.19. The number of ether oxygens (including phenoxy) is 2. The maximum Gasteiger partial charge on any atom is 0.295 e. The highest BCUT2D eigenvalue weighted by molar-refractivity contribution is 6.47. The van der Waals surface area contributed by atoms with Gasteiger partial charge in [-0.1, -0.05) is 23.7 Å². The second-order valence-corrected chi connectivity index (χ2v) is 8.05. The number of hydrogen-bond donors (Lipinski definition) is 1. The third-order valence-corrected chi connectivity index (χ3v) is 5.57. The van der Waals surface area contributed by atoms with Crippen LogP contribution in [0.5, 0.6) is 11.5 Å². The van der Waals surface area contributed by atoms with Crippen LogP contribution in [-0.4, -0.2) is 67.5 Å². The van der Waals surface area contributed by atoms with Gasteiger partial charge in [0.05, 0.1) is 30.4 Å². The molecule has 0 aliphatic carbocycles. The molecule has 0 radical (unpaired) electrons. The first-order chi connectivity index (χ1) is 15.3. The molecule has 2 aromatic rings. The molecule has 2 aromatic carbocycles. The van der Waals surface area contributed by atoms with Crippen molar-refractivity contribution < 1.29 is 24.2 Å². The summed E-state index contributed by atoms with van der Waals surface area (Å²) in [4.78, 5) is 29.5. The number of likely N-dealkylation sites (N-methyl/N-ethyl adjacent to an activating group) is 1. The van der Waals surface area contributed by atoms with Crippen LogP contribution in [0, 0.1) is 0 Å². The highest BCUT2D eigenvalue weighted by Crippen LogP contribution is 2.41. The van der Waals surface area contributed by atoms with Crippen LogP contribution < -0.4 is 9.47 Å². The maximum absolute atomic E-state index is 13.1. The van der Waals surface area contributed by atoms with Gasteiger partial charge in [-0.3, -0.25) is 9.59 Å². The molecule has 1 fully saturated rings. The monoisotopic (exact) mass is 458 g/mol. The molecule has 1 aliphatic rings. The number of Topliss-reactive ketones (excluding diaryl/α,β-unsaturated/α-hetero) is 1. The van der Waals surface area contributed by atoms with Crippen LogP contribution >= 0.6 is 11.6 Å². The Morgan fingerprint density at radius 1 is 1.16 bits per heavy atom. The molecule has 1 amide bonds. The fourth-order valence-corrected chi connectivity index (χ4v) is 3.87. The molecule has 3 rings (SSSR count). The molecule has 0 aromatic heterocycles. The van der Waals surface area contributed by atoms with Crippen molar-refractivity contribution in [3.8, 4) is 11.5 Å². The summed E-state index contributed by atoms with van der Waals surface area (Å²) in [7, 11) is 5.31. The van der Waals surface area contributed by atoms with Gasteiger partial charge in [-0.25, -0.2) is 0 Å². The number of benzene rings is 2. The van der Waals surface area contributed by atoms with Gasteiger partial charge in [0, 0.05) is 18.7 Å². The van der Waals surface area contributed by atoms with Crippen molar-refractivity contribution in [3.63, 3.8) is 0 Å². The molecule has 7 nitrogen and oxygen atoms in total. The number of hydrogen-bond acceptors (Lipinski definition) is 6. The summed E-state index contributed by atoms with van der Waals surface area (Å²) in [6.07, 6.45) is 0. The Morgan fingerprint density at radius 2 is 1.91 bits per heavy atom. The van der Waals surface area contributed by atoms with Crippen LogP contribution in [0.1, 0.15) is 24.1 Å². The van der Waals surface area contributed by atoms with Crippen molar-refractivity contribution in [2.75, 3.05) is 40.9 Å². The number of amides is 1. The van der Waals surface area contributed by atoms with Crippen molar-refractivity contribution in [1.29, 1.82) is 0 Å². The molecule has 8 heteroatoms. The Labute approximate surface area is 192 Å². The lowest BCUT2D eigenvalue weighted by Crippen LogP contribution is -2.35. The second kappa shape index (κ2) is 10.1. The number of carbonyl (C=O) groups is 2. The van der Waals surface area contributed by atoms with Gasteiger partial charge >= 0.3 is 0 Å². The smallest absolute Gasteiger partial charge is 0.295 e. The molecular weight excluding hydrogens is 432 g/mol. The molecule has 1 saturated heterocycles. The SMILES string of the molecule is CCOc1ccc(Cl)c(/C(O)=C2\C(=O)C(=O)N(CCN(C)C)C2c2cccc(OC)c2)c1. The van der Waals surface area contributed by atoms with Gasteiger partial charge < -0.3 is 24.4 Å². The van der Waals surface area contributed by atoms with Gasteiger partial charge in [0.25, 0.3) is 11.7 Å². The van der Waals surface area contributed by atoms with Gasteiger partial charge in [0.2, 0.25) is 0 Å². The maximum atomic E-state index is 13.1. The minimum Gasteiger partial charge on any atom is -0.507 e. The fraction of sp³-hybridized carbons (Fsp3) is 0.333. The van der Waals surface area contributed by atoms with Crippen LogP contribution in [0.4, 0.5) is 0 Å². The molecule has 0 bridgehead atoms. The minimum atomic E-state index is -0.781. The van der Waals surface area contributed by atoms with Crippen LogP contribution in [-0.2, 0) is 9.59 Å². The Hall–Kier alpha value is -3.03. The van der Waals surface area contributed by atoms with E-state index >= 15 is 0 Å². The Kier molecular flexibility index (Phi) is 7.43. The lowest BCUT2D eigenvalue weighted by molar-refractivity contribution is -0.140. The van der Waals surface area contributed by atoms with Crippen molar-refractivity contribution in [1.82, 2.24) is 9.80 Å². The van der Waals surface area contributed by atoms with Gasteiger partial charge in [-0.2, -0.15) is 0 Å². The number of aliphatic hydroxyl groups excluding tert-OH is 1. The lowest BCUT2D eigenvalue weighted by atomic mass is 9.95. The number of ketones is 1. The summed E-state index contributed by atoms with van der Waals surface area (Å²) < 4.78 is 10.8. The minimum absolute atomic E-state index is 0.0162. The van der Waals surface area contributed by atoms with E-state index in [4.69, 9.17) is 21.1 Å². The highest BCUT2D eigenvalue weighted by atomic mass is 35.5. The summed E-state index contributed by atoms with van der Waals surface area (Å²) in [5.41, 5.74) is 0.870. The molecule has 170 valence electrons. The molecule has 1 heterocycles. The molecular formula is C24H27ClN2O5. The quantitative estimate of drug-likeness (QED) is 0.369. The average molecular weight is 459 g/mol. The van der Waals surface area contributed by atoms with Gasteiger partial charge in [0.15, 0.2) is 0 Å². The van der Waals surface area contributed by atoms with Crippen LogP contribution in [0.25, 0.3) is 5.76 Å². The highest BCUT2D eigenvalue weighted by Gasteiger charge is 2.46. The molecule has 0 spiro atoms. The summed E-state index contributed by atoms with van der Waals surface area (Å²) in [5, 5.41) is 11.5. The zero-order valence-corrected chi connectivity index (χ0v) is 19.3. The van der Waals surface area contributed by atoms with E-state index in [-0.39, 0.29) is 21.9 Å². The van der Waals surface area contributed by atoms with Crippen molar-refractivity contribution in [2.24, 2.45) is 0 Å².